The third kappa shape index (κ3) is 2.96. The quantitative estimate of drug-likeness (QED) is 0.732. The third-order valence-electron chi connectivity index (χ3n) is 6.28. The summed E-state index contributed by atoms with van der Waals surface area (Å²) in [5, 5.41) is 3.23. The first-order valence-electron chi connectivity index (χ1n) is 9.99. The van der Waals surface area contributed by atoms with Crippen molar-refractivity contribution in [3.05, 3.63) is 60.6 Å². The molecule has 3 aliphatic rings. The van der Waals surface area contributed by atoms with E-state index in [1.54, 1.807) is 12.3 Å². The molecule has 0 unspecified atom stereocenters. The van der Waals surface area contributed by atoms with Crippen LogP contribution in [0.25, 0.3) is 22.6 Å². The highest BCUT2D eigenvalue weighted by atomic mass is 16.4. The first-order chi connectivity index (χ1) is 13.7. The summed E-state index contributed by atoms with van der Waals surface area (Å²) in [6.45, 7) is 4.50. The molecule has 3 saturated heterocycles. The number of hydrogen-bond acceptors (Lipinski definition) is 4. The minimum atomic E-state index is -0.132. The number of furan rings is 2. The van der Waals surface area contributed by atoms with Crippen LogP contribution in [0.5, 0.6) is 0 Å². The fourth-order valence-corrected chi connectivity index (χ4v) is 4.72. The van der Waals surface area contributed by atoms with Crippen LogP contribution in [-0.4, -0.2) is 36.0 Å². The number of fused-ring (bicyclic) bond motifs is 3. The Hall–Kier alpha value is -2.79. The maximum atomic E-state index is 12.9. The zero-order chi connectivity index (χ0) is 19.1. The van der Waals surface area contributed by atoms with E-state index in [1.165, 1.54) is 0 Å². The highest BCUT2D eigenvalue weighted by Gasteiger charge is 2.40. The Morgan fingerprint density at radius 2 is 1.75 bits per heavy atom. The first kappa shape index (κ1) is 17.3. The van der Waals surface area contributed by atoms with Gasteiger partial charge in [-0.05, 0) is 63.0 Å². The zero-order valence-electron chi connectivity index (χ0n) is 15.9. The molecule has 2 aromatic heterocycles. The maximum absolute atomic E-state index is 12.9. The van der Waals surface area contributed by atoms with Crippen LogP contribution in [0.4, 0.5) is 0 Å². The van der Waals surface area contributed by atoms with Crippen molar-refractivity contribution in [3.8, 4) is 22.6 Å². The average molecular weight is 376 g/mol. The molecule has 5 nitrogen and oxygen atoms in total. The number of carbonyl (C=O) groups excluding carboxylic acids is 1. The Labute approximate surface area is 164 Å². The monoisotopic (exact) mass is 376 g/mol. The van der Waals surface area contributed by atoms with Crippen molar-refractivity contribution in [2.24, 2.45) is 5.92 Å². The van der Waals surface area contributed by atoms with Gasteiger partial charge in [-0.3, -0.25) is 9.69 Å². The molecule has 1 N–H and O–H groups in total. The van der Waals surface area contributed by atoms with Gasteiger partial charge in [0.05, 0.1) is 6.26 Å². The molecule has 0 saturated carbocycles. The number of hydrogen-bond donors (Lipinski definition) is 1. The van der Waals surface area contributed by atoms with Crippen LogP contribution >= 0.6 is 0 Å². The van der Waals surface area contributed by atoms with E-state index in [9.17, 15) is 4.79 Å². The van der Waals surface area contributed by atoms with Gasteiger partial charge >= 0.3 is 0 Å². The van der Waals surface area contributed by atoms with Crippen molar-refractivity contribution >= 4 is 5.91 Å². The van der Waals surface area contributed by atoms with Crippen LogP contribution in [-0.2, 0) is 0 Å². The number of piperidine rings is 3. The van der Waals surface area contributed by atoms with Gasteiger partial charge < -0.3 is 14.2 Å². The molecule has 1 aromatic carbocycles. The molecule has 2 bridgehead atoms. The molecule has 3 aromatic rings. The van der Waals surface area contributed by atoms with Crippen molar-refractivity contribution in [3.63, 3.8) is 0 Å². The molecule has 3 aliphatic heterocycles. The third-order valence-corrected chi connectivity index (χ3v) is 6.28. The normalized spacial score (nSPS) is 26.3. The van der Waals surface area contributed by atoms with Crippen LogP contribution in [0.3, 0.4) is 0 Å². The second-order valence-corrected chi connectivity index (χ2v) is 7.80. The molecule has 28 heavy (non-hydrogen) atoms. The number of rotatable bonds is 4. The van der Waals surface area contributed by atoms with Gasteiger partial charge in [-0.15, -0.1) is 0 Å². The lowest BCUT2D eigenvalue weighted by Gasteiger charge is -2.49. The molecule has 2 atom stereocenters. The average Bonchev–Trinajstić information content (AvgIpc) is 3.43. The molecule has 5 heterocycles. The Kier molecular flexibility index (Phi) is 4.32. The Morgan fingerprint density at radius 1 is 1.00 bits per heavy atom. The van der Waals surface area contributed by atoms with E-state index in [0.29, 0.717) is 23.5 Å². The number of nitrogens with one attached hydrogen (secondary N) is 1. The fraction of sp³-hybridized carbons (Fsp3) is 0.348. The van der Waals surface area contributed by atoms with Crippen LogP contribution in [0, 0.1) is 5.92 Å². The predicted octanol–water partition coefficient (Wildman–Crippen LogP) is 4.42. The van der Waals surface area contributed by atoms with E-state index < -0.39 is 0 Å². The summed E-state index contributed by atoms with van der Waals surface area (Å²) in [4.78, 5) is 15.3. The van der Waals surface area contributed by atoms with Crippen molar-refractivity contribution in [1.82, 2.24) is 10.2 Å². The largest absolute Gasteiger partial charge is 0.464 e. The summed E-state index contributed by atoms with van der Waals surface area (Å²) < 4.78 is 11.5. The van der Waals surface area contributed by atoms with Gasteiger partial charge in [-0.25, -0.2) is 0 Å². The van der Waals surface area contributed by atoms with E-state index in [-0.39, 0.29) is 11.9 Å². The standard InChI is InChI=1S/C23H24N2O3/c1-15-22(16-10-12-25(15)13-11-16)24-23(26)21-9-8-20(28-21)18-6-3-2-5-17(18)19-7-4-14-27-19/h2-9,14-16,22H,10-13H2,1H3,(H,24,26)/t15-,22+/m1/s1. The van der Waals surface area contributed by atoms with Crippen molar-refractivity contribution < 1.29 is 13.6 Å². The zero-order valence-corrected chi connectivity index (χ0v) is 15.9. The summed E-state index contributed by atoms with van der Waals surface area (Å²) in [6.07, 6.45) is 3.98. The van der Waals surface area contributed by atoms with Crippen molar-refractivity contribution in [2.75, 3.05) is 13.1 Å². The number of carbonyl (C=O) groups is 1. The predicted molar refractivity (Wildman–Crippen MR) is 107 cm³/mol. The SMILES string of the molecule is C[C@@H]1[C@H](NC(=O)c2ccc(-c3ccccc3-c3ccco3)o2)C2CCN1CC2. The van der Waals surface area contributed by atoms with Crippen LogP contribution in [0.2, 0.25) is 0 Å². The summed E-state index contributed by atoms with van der Waals surface area (Å²) in [5.41, 5.74) is 1.85. The Bertz CT molecular complexity index is 965. The minimum absolute atomic E-state index is 0.132. The van der Waals surface area contributed by atoms with Gasteiger partial charge in [-0.2, -0.15) is 0 Å². The molecule has 1 amide bonds. The lowest BCUT2D eigenvalue weighted by molar-refractivity contribution is 0.0211. The van der Waals surface area contributed by atoms with Gasteiger partial charge in [0.15, 0.2) is 5.76 Å². The maximum Gasteiger partial charge on any atom is 0.287 e. The molecular weight excluding hydrogens is 352 g/mol. The molecule has 5 heteroatoms. The highest BCUT2D eigenvalue weighted by Crippen LogP contribution is 2.34. The van der Waals surface area contributed by atoms with Crippen molar-refractivity contribution in [2.45, 2.75) is 31.8 Å². The van der Waals surface area contributed by atoms with E-state index in [1.807, 2.05) is 42.5 Å². The van der Waals surface area contributed by atoms with Crippen LogP contribution in [0.15, 0.2) is 63.6 Å². The molecule has 144 valence electrons. The lowest BCUT2D eigenvalue weighted by atomic mass is 9.79. The molecule has 0 spiro atoms. The van der Waals surface area contributed by atoms with Gasteiger partial charge in [0.2, 0.25) is 0 Å². The smallest absolute Gasteiger partial charge is 0.287 e. The topological polar surface area (TPSA) is 58.6 Å². The fourth-order valence-electron chi connectivity index (χ4n) is 4.72. The second kappa shape index (κ2) is 6.99. The van der Waals surface area contributed by atoms with Gasteiger partial charge in [-0.1, -0.05) is 24.3 Å². The molecule has 6 rings (SSSR count). The number of nitrogens with zero attached hydrogens (tertiary/aromatic N) is 1. The van der Waals surface area contributed by atoms with Gasteiger partial charge in [0.25, 0.3) is 5.91 Å². The molecule has 0 aliphatic carbocycles. The lowest BCUT2D eigenvalue weighted by Crippen LogP contribution is -2.62. The summed E-state index contributed by atoms with van der Waals surface area (Å²) >= 11 is 0. The van der Waals surface area contributed by atoms with Gasteiger partial charge in [0.1, 0.15) is 11.5 Å². The van der Waals surface area contributed by atoms with E-state index in [0.717, 1.165) is 42.8 Å². The Balaban J connectivity index is 1.38. The molecule has 3 fully saturated rings. The van der Waals surface area contributed by atoms with Crippen LogP contribution < -0.4 is 5.32 Å². The van der Waals surface area contributed by atoms with E-state index in [2.05, 4.69) is 17.1 Å². The number of amides is 1. The summed E-state index contributed by atoms with van der Waals surface area (Å²) in [5.74, 6) is 2.23. The summed E-state index contributed by atoms with van der Waals surface area (Å²) in [6, 6.07) is 15.9. The van der Waals surface area contributed by atoms with E-state index >= 15 is 0 Å². The second-order valence-electron chi connectivity index (χ2n) is 7.80. The molecule has 0 radical (unpaired) electrons. The van der Waals surface area contributed by atoms with Gasteiger partial charge in [0, 0.05) is 23.2 Å². The first-order valence-corrected chi connectivity index (χ1v) is 9.99. The highest BCUT2D eigenvalue weighted by molar-refractivity contribution is 5.92. The van der Waals surface area contributed by atoms with E-state index in [4.69, 9.17) is 8.83 Å². The van der Waals surface area contributed by atoms with Crippen molar-refractivity contribution in [1.29, 1.82) is 0 Å². The van der Waals surface area contributed by atoms with Crippen LogP contribution in [0.1, 0.15) is 30.3 Å². The number of benzene rings is 1. The summed E-state index contributed by atoms with van der Waals surface area (Å²) in [7, 11) is 0. The minimum Gasteiger partial charge on any atom is -0.464 e. The Morgan fingerprint density at radius 3 is 2.43 bits per heavy atom. The molecular formula is C23H24N2O3.